The van der Waals surface area contributed by atoms with Crippen LogP contribution in [0.3, 0.4) is 0 Å². The zero-order valence-electron chi connectivity index (χ0n) is 31.3. The van der Waals surface area contributed by atoms with E-state index < -0.39 is 34.9 Å². The summed E-state index contributed by atoms with van der Waals surface area (Å²) in [6.45, 7) is 20.4. The number of hydrogen-bond acceptors (Lipinski definition) is 8. The molecule has 5 rings (SSSR count). The summed E-state index contributed by atoms with van der Waals surface area (Å²) in [4.78, 5) is 39.3. The third-order valence-electron chi connectivity index (χ3n) is 15.0. The molecule has 5 aliphatic rings. The second-order valence-corrected chi connectivity index (χ2v) is 18.7. The van der Waals surface area contributed by atoms with E-state index in [1.54, 1.807) is 11.8 Å². The van der Waals surface area contributed by atoms with Crippen molar-refractivity contribution in [3.8, 4) is 0 Å². The number of carbonyl (C=O) groups is 3. The standard InChI is InChI=1S/C39H63NO7S/c1-23(2)25(4)35(6)16-17-37(8)27-11-12-30-36(7)21-45-22-39(30,28(27)13-15-38(37,9)32(35)34(43)44)19-29(46-26(5)41)33(36)47-31(42)20-40-24(3)14-18-48-10/h13,23-25,27,29-30,32-33,40H,11-12,14-22H2,1-10H3,(H,43,44)/t24?,25-,27+,29-,30+,32-,33+,35-,36-,37-,38+,39-/m1/s1. The SMILES string of the molecule is CSCCC(C)NCC(=O)O[C@H]1[C@H](OC(C)=O)C[C@]23COC[C@]1(C)[C@@H]2CC[C@H]1C3=CC[C@@]2(C)[C@H](C(=O)O)[C@@](C)([C@H](C)C(C)C)CC[C@]12C. The number of carboxylic acids is 1. The van der Waals surface area contributed by atoms with Gasteiger partial charge in [0.2, 0.25) is 0 Å². The van der Waals surface area contributed by atoms with E-state index in [0.717, 1.165) is 37.9 Å². The van der Waals surface area contributed by atoms with Crippen molar-refractivity contribution in [3.63, 3.8) is 0 Å². The fourth-order valence-electron chi connectivity index (χ4n) is 11.9. The summed E-state index contributed by atoms with van der Waals surface area (Å²) >= 11 is 1.79. The van der Waals surface area contributed by atoms with Crippen molar-refractivity contribution in [2.45, 2.75) is 126 Å². The highest BCUT2D eigenvalue weighted by atomic mass is 32.2. The van der Waals surface area contributed by atoms with Gasteiger partial charge in [0, 0.05) is 23.8 Å². The lowest BCUT2D eigenvalue weighted by atomic mass is 9.34. The molecule has 8 nitrogen and oxygen atoms in total. The maximum Gasteiger partial charge on any atom is 0.320 e. The Bertz CT molecular complexity index is 1290. The van der Waals surface area contributed by atoms with Gasteiger partial charge >= 0.3 is 17.9 Å². The van der Waals surface area contributed by atoms with E-state index in [0.29, 0.717) is 32.0 Å². The molecule has 0 amide bonds. The third kappa shape index (κ3) is 5.87. The van der Waals surface area contributed by atoms with Crippen molar-refractivity contribution in [1.29, 1.82) is 0 Å². The van der Waals surface area contributed by atoms with E-state index in [1.165, 1.54) is 12.5 Å². The maximum atomic E-state index is 13.4. The lowest BCUT2D eigenvalue weighted by Gasteiger charge is -2.71. The predicted octanol–water partition coefficient (Wildman–Crippen LogP) is 7.15. The molecule has 3 saturated carbocycles. The first-order valence-corrected chi connectivity index (χ1v) is 19.9. The Morgan fingerprint density at radius 3 is 2.38 bits per heavy atom. The summed E-state index contributed by atoms with van der Waals surface area (Å²) < 4.78 is 18.9. The van der Waals surface area contributed by atoms with Crippen molar-refractivity contribution in [2.75, 3.05) is 31.8 Å². The molecule has 0 aromatic heterocycles. The molecule has 0 aromatic rings. The van der Waals surface area contributed by atoms with Crippen LogP contribution in [0.5, 0.6) is 0 Å². The molecule has 0 spiro atoms. The zero-order chi connectivity index (χ0) is 35.4. The summed E-state index contributed by atoms with van der Waals surface area (Å²) in [5.74, 6) is 0.270. The average molecular weight is 690 g/mol. The van der Waals surface area contributed by atoms with E-state index in [4.69, 9.17) is 14.2 Å². The van der Waals surface area contributed by atoms with Crippen LogP contribution in [-0.4, -0.2) is 73.0 Å². The predicted molar refractivity (Wildman–Crippen MR) is 189 cm³/mol. The summed E-state index contributed by atoms with van der Waals surface area (Å²) in [6, 6.07) is 0.189. The fourth-order valence-corrected chi connectivity index (χ4v) is 12.5. The highest BCUT2D eigenvalue weighted by Gasteiger charge is 2.72. The number of hydrogen-bond donors (Lipinski definition) is 2. The number of esters is 2. The molecule has 9 heteroatoms. The minimum absolute atomic E-state index is 0.106. The maximum absolute atomic E-state index is 13.4. The Morgan fingerprint density at radius 2 is 1.75 bits per heavy atom. The molecule has 4 aliphatic carbocycles. The van der Waals surface area contributed by atoms with E-state index >= 15 is 0 Å². The van der Waals surface area contributed by atoms with Crippen molar-refractivity contribution >= 4 is 29.7 Å². The average Bonchev–Trinajstić information content (AvgIpc) is 3.00. The summed E-state index contributed by atoms with van der Waals surface area (Å²) in [6.07, 6.45) is 9.27. The van der Waals surface area contributed by atoms with Gasteiger partial charge in [-0.3, -0.25) is 14.4 Å². The van der Waals surface area contributed by atoms with Gasteiger partial charge in [0.25, 0.3) is 0 Å². The topological polar surface area (TPSA) is 111 Å². The first-order valence-electron chi connectivity index (χ1n) is 18.5. The number of carboxylic acid groups (broad SMARTS) is 1. The summed E-state index contributed by atoms with van der Waals surface area (Å²) in [7, 11) is 0. The first-order chi connectivity index (χ1) is 22.4. The molecule has 12 atom stereocenters. The normalized spacial score (nSPS) is 43.1. The Labute approximate surface area is 293 Å². The molecule has 1 aliphatic heterocycles. The number of rotatable bonds is 11. The molecule has 1 heterocycles. The monoisotopic (exact) mass is 689 g/mol. The largest absolute Gasteiger partial charge is 0.481 e. The van der Waals surface area contributed by atoms with Gasteiger partial charge in [0.1, 0.15) is 12.2 Å². The molecular weight excluding hydrogens is 626 g/mol. The minimum Gasteiger partial charge on any atom is -0.481 e. The second kappa shape index (κ2) is 13.5. The van der Waals surface area contributed by atoms with Crippen LogP contribution in [-0.2, 0) is 28.6 Å². The van der Waals surface area contributed by atoms with Gasteiger partial charge in [-0.1, -0.05) is 60.1 Å². The van der Waals surface area contributed by atoms with Crippen LogP contribution >= 0.6 is 11.8 Å². The molecule has 2 bridgehead atoms. The van der Waals surface area contributed by atoms with Gasteiger partial charge in [0.05, 0.1) is 25.7 Å². The molecule has 1 saturated heterocycles. The summed E-state index contributed by atoms with van der Waals surface area (Å²) in [5.41, 5.74) is -0.438. The van der Waals surface area contributed by atoms with Crippen LogP contribution in [0.4, 0.5) is 0 Å². The molecule has 0 radical (unpaired) electrons. The molecule has 4 fully saturated rings. The van der Waals surface area contributed by atoms with Gasteiger partial charge in [-0.05, 0) is 104 Å². The highest BCUT2D eigenvalue weighted by Crippen LogP contribution is 2.75. The number of thioether (sulfide) groups is 1. The molecule has 0 aromatic carbocycles. The van der Waals surface area contributed by atoms with E-state index in [-0.39, 0.29) is 58.5 Å². The number of aliphatic carboxylic acids is 1. The second-order valence-electron chi connectivity index (χ2n) is 17.7. The van der Waals surface area contributed by atoms with E-state index in [2.05, 4.69) is 73.0 Å². The highest BCUT2D eigenvalue weighted by molar-refractivity contribution is 7.98. The smallest absolute Gasteiger partial charge is 0.320 e. The van der Waals surface area contributed by atoms with Crippen molar-refractivity contribution in [1.82, 2.24) is 5.32 Å². The van der Waals surface area contributed by atoms with Gasteiger partial charge in [-0.25, -0.2) is 0 Å². The van der Waals surface area contributed by atoms with Crippen LogP contribution in [0, 0.1) is 56.7 Å². The molecule has 272 valence electrons. The van der Waals surface area contributed by atoms with Crippen LogP contribution in [0.15, 0.2) is 11.6 Å². The Kier molecular flexibility index (Phi) is 10.6. The zero-order valence-corrected chi connectivity index (χ0v) is 32.1. The molecule has 1 unspecified atom stereocenters. The van der Waals surface area contributed by atoms with Gasteiger partial charge < -0.3 is 24.6 Å². The van der Waals surface area contributed by atoms with Crippen LogP contribution in [0.1, 0.15) is 107 Å². The fraction of sp³-hybridized carbons (Fsp3) is 0.872. The van der Waals surface area contributed by atoms with Crippen molar-refractivity contribution < 1.29 is 33.7 Å². The lowest BCUT2D eigenvalue weighted by molar-refractivity contribution is -0.262. The Morgan fingerprint density at radius 1 is 1.04 bits per heavy atom. The number of ether oxygens (including phenoxy) is 3. The van der Waals surface area contributed by atoms with Crippen molar-refractivity contribution in [2.24, 2.45) is 56.7 Å². The summed E-state index contributed by atoms with van der Waals surface area (Å²) in [5, 5.41) is 14.3. The number of fused-ring (bicyclic) bond motifs is 3. The van der Waals surface area contributed by atoms with Crippen LogP contribution < -0.4 is 5.32 Å². The van der Waals surface area contributed by atoms with E-state index in [9.17, 15) is 19.5 Å². The Hall–Kier alpha value is -1.58. The quantitative estimate of drug-likeness (QED) is 0.173. The number of carbonyl (C=O) groups excluding carboxylic acids is 2. The Balaban J connectivity index is 1.50. The number of allylic oxidation sites excluding steroid dienone is 1. The van der Waals surface area contributed by atoms with Gasteiger partial charge in [-0.2, -0.15) is 11.8 Å². The third-order valence-corrected chi connectivity index (χ3v) is 15.6. The van der Waals surface area contributed by atoms with Crippen LogP contribution in [0.25, 0.3) is 0 Å². The van der Waals surface area contributed by atoms with E-state index in [1.807, 2.05) is 0 Å². The first kappa shape index (κ1) is 37.7. The number of nitrogens with one attached hydrogen (secondary N) is 1. The molecule has 48 heavy (non-hydrogen) atoms. The molecule has 2 N–H and O–H groups in total. The van der Waals surface area contributed by atoms with Crippen LogP contribution in [0.2, 0.25) is 0 Å². The lowest BCUT2D eigenvalue weighted by Crippen LogP contribution is -2.70. The minimum atomic E-state index is -0.666. The van der Waals surface area contributed by atoms with Gasteiger partial charge in [0.15, 0.2) is 0 Å². The van der Waals surface area contributed by atoms with Crippen molar-refractivity contribution in [3.05, 3.63) is 11.6 Å². The molecular formula is C39H63NO7S. The van der Waals surface area contributed by atoms with Gasteiger partial charge in [-0.15, -0.1) is 0 Å².